The van der Waals surface area contributed by atoms with Crippen LogP contribution in [-0.4, -0.2) is 25.4 Å². The zero-order valence-corrected chi connectivity index (χ0v) is 15.1. The number of methoxy groups -OCH3 is 2. The molecule has 1 heterocycles. The number of anilines is 1. The van der Waals surface area contributed by atoms with Crippen LogP contribution >= 0.6 is 23.4 Å². The Morgan fingerprint density at radius 3 is 2.56 bits per heavy atom. The van der Waals surface area contributed by atoms with Crippen LogP contribution in [0.5, 0.6) is 11.5 Å². The van der Waals surface area contributed by atoms with Gasteiger partial charge >= 0.3 is 0 Å². The van der Waals surface area contributed by atoms with Gasteiger partial charge in [0.25, 0.3) is 11.1 Å². The third kappa shape index (κ3) is 3.50. The molecule has 1 fully saturated rings. The van der Waals surface area contributed by atoms with E-state index in [2.05, 4.69) is 0 Å². The van der Waals surface area contributed by atoms with Gasteiger partial charge < -0.3 is 9.47 Å². The van der Waals surface area contributed by atoms with Crippen molar-refractivity contribution in [2.75, 3.05) is 19.1 Å². The van der Waals surface area contributed by atoms with Crippen molar-refractivity contribution in [3.63, 3.8) is 0 Å². The van der Waals surface area contributed by atoms with Crippen molar-refractivity contribution in [2.24, 2.45) is 0 Å². The lowest BCUT2D eigenvalue weighted by atomic mass is 10.1. The molecule has 0 N–H and O–H groups in total. The average Bonchev–Trinajstić information content (AvgIpc) is 2.88. The first-order valence-electron chi connectivity index (χ1n) is 7.29. The third-order valence-corrected chi connectivity index (χ3v) is 4.69. The molecule has 0 bridgehead atoms. The predicted molar refractivity (Wildman–Crippen MR) is 99.4 cm³/mol. The molecule has 3 rings (SSSR count). The molecule has 2 amide bonds. The average molecular weight is 376 g/mol. The van der Waals surface area contributed by atoms with Gasteiger partial charge in [0.1, 0.15) is 11.5 Å². The lowest BCUT2D eigenvalue weighted by Crippen LogP contribution is -2.27. The quantitative estimate of drug-likeness (QED) is 0.731. The SMILES string of the molecule is COc1ccc(C=C2SC(=O)N(c3cccc(Cl)c3)C2=O)c(OC)c1. The second-order valence-corrected chi connectivity index (χ2v) is 6.53. The van der Waals surface area contributed by atoms with E-state index in [-0.39, 0.29) is 5.24 Å². The number of carbonyl (C=O) groups excluding carboxylic acids is 2. The van der Waals surface area contributed by atoms with Crippen molar-refractivity contribution < 1.29 is 19.1 Å². The van der Waals surface area contributed by atoms with Crippen LogP contribution in [0.15, 0.2) is 47.4 Å². The molecular weight excluding hydrogens is 362 g/mol. The highest BCUT2D eigenvalue weighted by molar-refractivity contribution is 8.19. The van der Waals surface area contributed by atoms with Crippen LogP contribution in [0.25, 0.3) is 6.08 Å². The van der Waals surface area contributed by atoms with Gasteiger partial charge in [0.05, 0.1) is 24.8 Å². The number of halogens is 1. The maximum Gasteiger partial charge on any atom is 0.298 e. The number of ether oxygens (including phenoxy) is 2. The highest BCUT2D eigenvalue weighted by atomic mass is 35.5. The minimum absolute atomic E-state index is 0.313. The Balaban J connectivity index is 1.96. The number of rotatable bonds is 4. The summed E-state index contributed by atoms with van der Waals surface area (Å²) in [5.41, 5.74) is 1.12. The standard InChI is InChI=1S/C18H14ClNO4S/c1-23-14-7-6-11(15(10-14)24-2)8-16-17(21)20(18(22)25-16)13-5-3-4-12(19)9-13/h3-10H,1-2H3. The van der Waals surface area contributed by atoms with Crippen molar-refractivity contribution in [3.05, 3.63) is 58.0 Å². The molecule has 1 aliphatic rings. The Labute approximate surface area is 154 Å². The van der Waals surface area contributed by atoms with Gasteiger partial charge in [-0.1, -0.05) is 17.7 Å². The molecule has 7 heteroatoms. The summed E-state index contributed by atoms with van der Waals surface area (Å²) in [5.74, 6) is 0.796. The molecule has 2 aromatic carbocycles. The number of hydrogen-bond acceptors (Lipinski definition) is 5. The van der Waals surface area contributed by atoms with Crippen molar-refractivity contribution in [2.45, 2.75) is 0 Å². The van der Waals surface area contributed by atoms with Crippen LogP contribution in [0.2, 0.25) is 5.02 Å². The second-order valence-electron chi connectivity index (χ2n) is 5.10. The number of thioether (sulfide) groups is 1. The van der Waals surface area contributed by atoms with E-state index in [9.17, 15) is 9.59 Å². The minimum Gasteiger partial charge on any atom is -0.497 e. The Bertz CT molecular complexity index is 881. The van der Waals surface area contributed by atoms with Crippen LogP contribution in [0.4, 0.5) is 10.5 Å². The van der Waals surface area contributed by atoms with Crippen LogP contribution in [0.3, 0.4) is 0 Å². The van der Waals surface area contributed by atoms with Gasteiger partial charge in [0, 0.05) is 16.7 Å². The van der Waals surface area contributed by atoms with E-state index in [1.165, 1.54) is 7.11 Å². The Hall–Kier alpha value is -2.44. The zero-order valence-electron chi connectivity index (χ0n) is 13.5. The fourth-order valence-corrected chi connectivity index (χ4v) is 3.40. The van der Waals surface area contributed by atoms with Gasteiger partial charge in [-0.25, -0.2) is 4.90 Å². The highest BCUT2D eigenvalue weighted by Crippen LogP contribution is 2.37. The summed E-state index contributed by atoms with van der Waals surface area (Å²) >= 11 is 6.83. The van der Waals surface area contributed by atoms with Crippen LogP contribution in [0, 0.1) is 0 Å². The molecule has 0 aromatic heterocycles. The highest BCUT2D eigenvalue weighted by Gasteiger charge is 2.36. The summed E-state index contributed by atoms with van der Waals surface area (Å²) in [6.45, 7) is 0. The first-order valence-corrected chi connectivity index (χ1v) is 8.48. The van der Waals surface area contributed by atoms with E-state index in [0.717, 1.165) is 16.7 Å². The fourth-order valence-electron chi connectivity index (χ4n) is 2.38. The molecule has 0 spiro atoms. The Morgan fingerprint density at radius 2 is 1.88 bits per heavy atom. The van der Waals surface area contributed by atoms with E-state index in [0.29, 0.717) is 32.7 Å². The molecule has 128 valence electrons. The zero-order chi connectivity index (χ0) is 18.0. The van der Waals surface area contributed by atoms with Gasteiger partial charge in [0.2, 0.25) is 0 Å². The molecule has 1 saturated heterocycles. The molecule has 0 unspecified atom stereocenters. The first-order chi connectivity index (χ1) is 12.0. The molecule has 1 aliphatic heterocycles. The number of hydrogen-bond donors (Lipinski definition) is 0. The minimum atomic E-state index is -0.393. The molecule has 0 saturated carbocycles. The lowest BCUT2D eigenvalue weighted by Gasteiger charge is -2.12. The lowest BCUT2D eigenvalue weighted by molar-refractivity contribution is -0.113. The topological polar surface area (TPSA) is 55.8 Å². The van der Waals surface area contributed by atoms with Crippen molar-refractivity contribution in [1.82, 2.24) is 0 Å². The normalized spacial score (nSPS) is 15.8. The fraction of sp³-hybridized carbons (Fsp3) is 0.111. The van der Waals surface area contributed by atoms with Crippen LogP contribution < -0.4 is 14.4 Å². The van der Waals surface area contributed by atoms with Crippen LogP contribution in [-0.2, 0) is 4.79 Å². The number of carbonyl (C=O) groups is 2. The smallest absolute Gasteiger partial charge is 0.298 e. The molecule has 0 radical (unpaired) electrons. The molecule has 0 aliphatic carbocycles. The van der Waals surface area contributed by atoms with E-state index < -0.39 is 5.91 Å². The Kier molecular flexibility index (Phi) is 5.01. The van der Waals surface area contributed by atoms with Gasteiger partial charge in [-0.15, -0.1) is 0 Å². The Morgan fingerprint density at radius 1 is 1.08 bits per heavy atom. The number of nitrogens with zero attached hydrogens (tertiary/aromatic N) is 1. The van der Waals surface area contributed by atoms with E-state index in [4.69, 9.17) is 21.1 Å². The number of amides is 2. The molecule has 2 aromatic rings. The summed E-state index contributed by atoms with van der Waals surface area (Å²) in [5, 5.41) is 0.0864. The molecule has 0 atom stereocenters. The second kappa shape index (κ2) is 7.21. The number of benzene rings is 2. The largest absolute Gasteiger partial charge is 0.497 e. The summed E-state index contributed by atoms with van der Waals surface area (Å²) in [6.07, 6.45) is 1.63. The monoisotopic (exact) mass is 375 g/mol. The van der Waals surface area contributed by atoms with Crippen LogP contribution in [0.1, 0.15) is 5.56 Å². The molecule has 25 heavy (non-hydrogen) atoms. The summed E-state index contributed by atoms with van der Waals surface area (Å²) in [4.78, 5) is 26.4. The van der Waals surface area contributed by atoms with Gasteiger partial charge in [-0.2, -0.15) is 0 Å². The maximum atomic E-state index is 12.7. The summed E-state index contributed by atoms with van der Waals surface area (Å²) in [7, 11) is 3.09. The summed E-state index contributed by atoms with van der Waals surface area (Å²) in [6, 6.07) is 11.9. The van der Waals surface area contributed by atoms with Gasteiger partial charge in [0.15, 0.2) is 0 Å². The van der Waals surface area contributed by atoms with Crippen molar-refractivity contribution >= 4 is 46.3 Å². The first kappa shape index (κ1) is 17.4. The predicted octanol–water partition coefficient (Wildman–Crippen LogP) is 4.60. The molecular formula is C18H14ClNO4S. The van der Waals surface area contributed by atoms with Crippen molar-refractivity contribution in [1.29, 1.82) is 0 Å². The van der Waals surface area contributed by atoms with Gasteiger partial charge in [-0.3, -0.25) is 9.59 Å². The van der Waals surface area contributed by atoms with E-state index in [1.54, 1.807) is 55.7 Å². The number of imide groups is 1. The van der Waals surface area contributed by atoms with Gasteiger partial charge in [-0.05, 0) is 48.2 Å². The summed E-state index contributed by atoms with van der Waals surface area (Å²) < 4.78 is 10.5. The maximum absolute atomic E-state index is 12.7. The molecule has 5 nitrogen and oxygen atoms in total. The van der Waals surface area contributed by atoms with E-state index >= 15 is 0 Å². The third-order valence-electron chi connectivity index (χ3n) is 3.59. The van der Waals surface area contributed by atoms with Crippen molar-refractivity contribution in [3.8, 4) is 11.5 Å². The van der Waals surface area contributed by atoms with E-state index in [1.807, 2.05) is 0 Å².